The molecule has 29 heavy (non-hydrogen) atoms. The Morgan fingerprint density at radius 1 is 0.931 bits per heavy atom. The maximum Gasteiger partial charge on any atom is 0.397 e. The molecule has 1 aliphatic rings. The molecule has 0 aliphatic carbocycles. The number of methoxy groups -OCH3 is 2. The van der Waals surface area contributed by atoms with Crippen LogP contribution in [0, 0.1) is 0 Å². The van der Waals surface area contributed by atoms with E-state index < -0.39 is 41.4 Å². The third-order valence-corrected chi connectivity index (χ3v) is 4.47. The lowest BCUT2D eigenvalue weighted by Gasteiger charge is -2.40. The van der Waals surface area contributed by atoms with Gasteiger partial charge >= 0.3 is 10.4 Å². The third kappa shape index (κ3) is 11.5. The minimum atomic E-state index is -4.60. The summed E-state index contributed by atoms with van der Waals surface area (Å²) in [7, 11) is -1.60. The molecule has 3 N–H and O–H groups in total. The van der Waals surface area contributed by atoms with Gasteiger partial charge in [-0.2, -0.15) is 8.42 Å². The summed E-state index contributed by atoms with van der Waals surface area (Å²) in [6, 6.07) is 0. The summed E-state index contributed by atoms with van der Waals surface area (Å²) in [5, 5.41) is 0. The molecule has 0 aromatic carbocycles. The average Bonchev–Trinajstić information content (AvgIpc) is 2.69. The van der Waals surface area contributed by atoms with Gasteiger partial charge in [0, 0.05) is 20.8 Å². The second kappa shape index (κ2) is 15.4. The molecule has 1 saturated heterocycles. The maximum absolute atomic E-state index is 10.8. The second-order valence-corrected chi connectivity index (χ2v) is 7.11. The van der Waals surface area contributed by atoms with Crippen LogP contribution < -0.4 is 5.73 Å². The number of hydrogen-bond acceptors (Lipinski definition) is 11. The van der Waals surface area contributed by atoms with E-state index in [2.05, 4.69) is 4.18 Å². The Hall–Kier alpha value is -0.450. The zero-order chi connectivity index (χ0) is 21.5. The van der Waals surface area contributed by atoms with E-state index in [1.165, 1.54) is 14.2 Å². The first-order valence-electron chi connectivity index (χ1n) is 9.26. The lowest BCUT2D eigenvalue weighted by Crippen LogP contribution is -2.57. The van der Waals surface area contributed by atoms with Crippen molar-refractivity contribution in [3.63, 3.8) is 0 Å². The molecular weight excluding hydrogens is 414 g/mol. The van der Waals surface area contributed by atoms with Crippen LogP contribution in [0.4, 0.5) is 0 Å². The molecule has 0 bridgehead atoms. The Kier molecular flexibility index (Phi) is 14.1. The van der Waals surface area contributed by atoms with Crippen molar-refractivity contribution >= 4 is 10.4 Å². The van der Waals surface area contributed by atoms with Crippen LogP contribution >= 0.6 is 0 Å². The van der Waals surface area contributed by atoms with Crippen LogP contribution in [0.1, 0.15) is 0 Å². The predicted molar refractivity (Wildman–Crippen MR) is 100 cm³/mol. The normalized spacial score (nSPS) is 25.4. The molecule has 1 fully saturated rings. The third-order valence-electron chi connectivity index (χ3n) is 4.03. The fourth-order valence-corrected chi connectivity index (χ4v) is 2.99. The van der Waals surface area contributed by atoms with Gasteiger partial charge in [-0.15, -0.1) is 0 Å². The van der Waals surface area contributed by atoms with Gasteiger partial charge in [0.2, 0.25) is 0 Å². The maximum atomic E-state index is 10.8. The van der Waals surface area contributed by atoms with Gasteiger partial charge in [0.15, 0.2) is 0 Å². The second-order valence-electron chi connectivity index (χ2n) is 6.02. The lowest BCUT2D eigenvalue weighted by atomic mass is 10.00. The Morgan fingerprint density at radius 3 is 2.03 bits per heavy atom. The molecule has 13 heteroatoms. The van der Waals surface area contributed by atoms with E-state index in [-0.39, 0.29) is 19.8 Å². The van der Waals surface area contributed by atoms with Crippen LogP contribution in [0.3, 0.4) is 0 Å². The van der Waals surface area contributed by atoms with Crippen LogP contribution in [0.15, 0.2) is 0 Å². The van der Waals surface area contributed by atoms with E-state index in [0.29, 0.717) is 39.6 Å². The molecular formula is C16H33NO11S. The quantitative estimate of drug-likeness (QED) is 0.200. The van der Waals surface area contributed by atoms with E-state index >= 15 is 0 Å². The van der Waals surface area contributed by atoms with Crippen LogP contribution in [-0.2, 0) is 47.7 Å². The topological polar surface area (TPSA) is 154 Å². The molecule has 12 nitrogen and oxygen atoms in total. The van der Waals surface area contributed by atoms with Crippen molar-refractivity contribution in [2.45, 2.75) is 24.4 Å². The zero-order valence-corrected chi connectivity index (χ0v) is 17.7. The van der Waals surface area contributed by atoms with Crippen molar-refractivity contribution in [3.8, 4) is 0 Å². The van der Waals surface area contributed by atoms with Crippen molar-refractivity contribution in [3.05, 3.63) is 0 Å². The molecule has 0 radical (unpaired) electrons. The number of rotatable bonds is 17. The van der Waals surface area contributed by atoms with E-state index in [9.17, 15) is 8.42 Å². The molecule has 1 heterocycles. The number of nitrogens with two attached hydrogens (primary N) is 1. The van der Waals surface area contributed by atoms with E-state index in [0.717, 1.165) is 0 Å². The smallest absolute Gasteiger partial charge is 0.378 e. The Labute approximate surface area is 171 Å². The highest BCUT2D eigenvalue weighted by Crippen LogP contribution is 2.23. The van der Waals surface area contributed by atoms with Gasteiger partial charge in [0.05, 0.1) is 59.5 Å². The van der Waals surface area contributed by atoms with Crippen LogP contribution in [0.5, 0.6) is 0 Å². The molecule has 0 aromatic heterocycles. The van der Waals surface area contributed by atoms with E-state index in [1.54, 1.807) is 0 Å². The molecule has 1 aliphatic heterocycles. The molecule has 1 rings (SSSR count). The summed E-state index contributed by atoms with van der Waals surface area (Å²) in [6.07, 6.45) is -2.37. The van der Waals surface area contributed by atoms with Gasteiger partial charge in [-0.25, -0.2) is 4.18 Å². The molecule has 174 valence electrons. The van der Waals surface area contributed by atoms with E-state index in [4.69, 9.17) is 43.4 Å². The number of ether oxygens (including phenoxy) is 7. The summed E-state index contributed by atoms with van der Waals surface area (Å²) >= 11 is 0. The van der Waals surface area contributed by atoms with Gasteiger partial charge < -0.3 is 38.9 Å². The van der Waals surface area contributed by atoms with Gasteiger partial charge in [0.25, 0.3) is 0 Å². The van der Waals surface area contributed by atoms with Crippen molar-refractivity contribution in [2.24, 2.45) is 5.73 Å². The van der Waals surface area contributed by atoms with Gasteiger partial charge in [-0.3, -0.25) is 4.55 Å². The summed E-state index contributed by atoms with van der Waals surface area (Å²) < 4.78 is 73.0. The van der Waals surface area contributed by atoms with Crippen molar-refractivity contribution in [1.29, 1.82) is 0 Å². The zero-order valence-electron chi connectivity index (χ0n) is 16.9. The summed E-state index contributed by atoms with van der Waals surface area (Å²) in [5.41, 5.74) is 5.30. The summed E-state index contributed by atoms with van der Waals surface area (Å²) in [6.45, 7) is 2.95. The largest absolute Gasteiger partial charge is 0.397 e. The predicted octanol–water partition coefficient (Wildman–Crippen LogP) is -1.37. The average molecular weight is 448 g/mol. The molecule has 0 saturated carbocycles. The van der Waals surface area contributed by atoms with Crippen LogP contribution in [0.2, 0.25) is 0 Å². The lowest BCUT2D eigenvalue weighted by molar-refractivity contribution is -0.225. The molecule has 0 spiro atoms. The summed E-state index contributed by atoms with van der Waals surface area (Å²) in [4.78, 5) is 0. The first-order valence-corrected chi connectivity index (χ1v) is 10.6. The fraction of sp³-hybridized carbons (Fsp3) is 1.00. The number of hydrogen-bond donors (Lipinski definition) is 2. The van der Waals surface area contributed by atoms with Gasteiger partial charge in [-0.1, -0.05) is 0 Å². The highest BCUT2D eigenvalue weighted by molar-refractivity contribution is 7.80. The first-order chi connectivity index (χ1) is 13.9. The standard InChI is InChI=1S/C16H33NO11S/c1-21-13-11-27-14(12-28-29(18,19)20)16(15(13)22-2)26-10-9-25-8-7-24-6-5-23-4-3-17/h13-16H,3-12,17H2,1-2H3,(H,18,19,20). The Balaban J connectivity index is 2.33. The monoisotopic (exact) mass is 447 g/mol. The van der Waals surface area contributed by atoms with E-state index in [1.807, 2.05) is 0 Å². The Bertz CT molecular complexity index is 507. The molecule has 4 atom stereocenters. The highest BCUT2D eigenvalue weighted by Gasteiger charge is 2.42. The van der Waals surface area contributed by atoms with Crippen molar-refractivity contribution < 1.29 is 50.3 Å². The SMILES string of the molecule is COC1COC(COS(=O)(=O)O)C(OCCOCCOCCOCCN)C1OC. The van der Waals surface area contributed by atoms with Gasteiger partial charge in [-0.05, 0) is 0 Å². The Morgan fingerprint density at radius 2 is 1.52 bits per heavy atom. The minimum absolute atomic E-state index is 0.164. The fourth-order valence-electron chi connectivity index (χ4n) is 2.69. The highest BCUT2D eigenvalue weighted by atomic mass is 32.3. The van der Waals surface area contributed by atoms with Gasteiger partial charge in [0.1, 0.15) is 24.4 Å². The first kappa shape index (κ1) is 26.6. The molecule has 0 aromatic rings. The summed E-state index contributed by atoms with van der Waals surface area (Å²) in [5.74, 6) is 0. The van der Waals surface area contributed by atoms with Crippen molar-refractivity contribution in [2.75, 3.05) is 80.2 Å². The molecule has 0 amide bonds. The minimum Gasteiger partial charge on any atom is -0.378 e. The van der Waals surface area contributed by atoms with Crippen LogP contribution in [-0.4, -0.2) is 118 Å². The van der Waals surface area contributed by atoms with Crippen LogP contribution in [0.25, 0.3) is 0 Å². The molecule has 4 unspecified atom stereocenters. The van der Waals surface area contributed by atoms with Crippen molar-refractivity contribution in [1.82, 2.24) is 0 Å².